The van der Waals surface area contributed by atoms with Crippen molar-refractivity contribution in [3.05, 3.63) is 35.9 Å². The molecule has 19 heavy (non-hydrogen) atoms. The molecule has 1 aromatic carbocycles. The third-order valence-corrected chi connectivity index (χ3v) is 4.40. The van der Waals surface area contributed by atoms with E-state index in [1.807, 2.05) is 0 Å². The molecule has 0 bridgehead atoms. The Kier molecular flexibility index (Phi) is 6.18. The quantitative estimate of drug-likeness (QED) is 0.566. The van der Waals surface area contributed by atoms with E-state index >= 15 is 0 Å². The van der Waals surface area contributed by atoms with E-state index in [-0.39, 0.29) is 6.61 Å². The summed E-state index contributed by atoms with van der Waals surface area (Å²) < 4.78 is 31.9. The zero-order valence-corrected chi connectivity index (χ0v) is 12.0. The molecule has 0 heterocycles. The van der Waals surface area contributed by atoms with Gasteiger partial charge in [0.05, 0.1) is 12.2 Å². The second kappa shape index (κ2) is 7.40. The summed E-state index contributed by atoms with van der Waals surface area (Å²) >= 11 is 0. The summed E-state index contributed by atoms with van der Waals surface area (Å²) in [5.41, 5.74) is 0.349. The number of hydrogen-bond acceptors (Lipinski definition) is 6. The highest BCUT2D eigenvalue weighted by Gasteiger charge is 2.37. The molecule has 1 aromatic rings. The average Bonchev–Trinajstić information content (AvgIpc) is 2.46. The molecule has 0 aliphatic carbocycles. The summed E-state index contributed by atoms with van der Waals surface area (Å²) in [5, 5.41) is 0. The highest BCUT2D eigenvalue weighted by Crippen LogP contribution is 2.52. The second-order valence-electron chi connectivity index (χ2n) is 3.59. The van der Waals surface area contributed by atoms with Gasteiger partial charge >= 0.3 is 13.6 Å². The van der Waals surface area contributed by atoms with Crippen molar-refractivity contribution in [2.45, 2.75) is 5.85 Å². The predicted octanol–water partition coefficient (Wildman–Crippen LogP) is 2.30. The van der Waals surface area contributed by atoms with Gasteiger partial charge in [0.25, 0.3) is 0 Å². The van der Waals surface area contributed by atoms with Crippen LogP contribution in [0.15, 0.2) is 30.3 Å². The van der Waals surface area contributed by atoms with Gasteiger partial charge in [-0.15, -0.1) is 0 Å². The van der Waals surface area contributed by atoms with E-state index < -0.39 is 19.4 Å². The fourth-order valence-corrected chi connectivity index (χ4v) is 2.58. The van der Waals surface area contributed by atoms with Crippen molar-refractivity contribution in [1.82, 2.24) is 0 Å². The first kappa shape index (κ1) is 15.9. The molecule has 0 spiro atoms. The first-order chi connectivity index (χ1) is 9.07. The van der Waals surface area contributed by atoms with E-state index in [0.29, 0.717) is 5.56 Å². The van der Waals surface area contributed by atoms with Gasteiger partial charge in [0, 0.05) is 21.3 Å². The maximum Gasteiger partial charge on any atom is 0.372 e. The smallest absolute Gasteiger partial charge is 0.372 e. The molecule has 0 aliphatic rings. The normalized spacial score (nSPS) is 13.0. The molecule has 0 aliphatic heterocycles. The summed E-state index contributed by atoms with van der Waals surface area (Å²) in [4.78, 5) is 11.9. The highest BCUT2D eigenvalue weighted by atomic mass is 31.2. The SMILES string of the molecule is COC[C@@H](OC(=O)c1ccccc1)P(=O)(OC)OC. The lowest BCUT2D eigenvalue weighted by atomic mass is 10.2. The number of rotatable bonds is 7. The molecule has 0 radical (unpaired) electrons. The van der Waals surface area contributed by atoms with Crippen molar-refractivity contribution in [3.63, 3.8) is 0 Å². The minimum absolute atomic E-state index is 0.0858. The summed E-state index contributed by atoms with van der Waals surface area (Å²) in [5.74, 6) is -1.72. The Bertz CT molecular complexity index is 439. The number of benzene rings is 1. The van der Waals surface area contributed by atoms with Crippen LogP contribution in [-0.4, -0.2) is 39.8 Å². The van der Waals surface area contributed by atoms with Gasteiger partial charge in [-0.05, 0) is 12.1 Å². The Morgan fingerprint density at radius 1 is 1.16 bits per heavy atom. The number of carbonyl (C=O) groups is 1. The standard InChI is InChI=1S/C12H17O6P/c1-15-9-11(19(14,16-2)17-3)18-12(13)10-7-5-4-6-8-10/h4-8,11H,9H2,1-3H3/t11-/m0/s1. The molecule has 0 aromatic heterocycles. The molecule has 1 atom stereocenters. The van der Waals surface area contributed by atoms with Gasteiger partial charge in [0.1, 0.15) is 0 Å². The average molecular weight is 288 g/mol. The van der Waals surface area contributed by atoms with Gasteiger partial charge in [0.2, 0.25) is 5.85 Å². The maximum absolute atomic E-state index is 12.2. The fourth-order valence-electron chi connectivity index (χ4n) is 1.41. The summed E-state index contributed by atoms with van der Waals surface area (Å²) in [7, 11) is 0.303. The summed E-state index contributed by atoms with van der Waals surface area (Å²) in [6, 6.07) is 8.37. The molecule has 1 rings (SSSR count). The molecule has 106 valence electrons. The lowest BCUT2D eigenvalue weighted by Crippen LogP contribution is -2.24. The number of carbonyl (C=O) groups excluding carboxylic acids is 1. The Morgan fingerprint density at radius 3 is 2.21 bits per heavy atom. The van der Waals surface area contributed by atoms with Crippen molar-refractivity contribution < 1.29 is 27.9 Å². The van der Waals surface area contributed by atoms with Gasteiger partial charge in [-0.2, -0.15) is 0 Å². The fraction of sp³-hybridized carbons (Fsp3) is 0.417. The van der Waals surface area contributed by atoms with Crippen LogP contribution in [0.5, 0.6) is 0 Å². The minimum atomic E-state index is -3.55. The molecular formula is C12H17O6P. The van der Waals surface area contributed by atoms with Crippen LogP contribution in [0.3, 0.4) is 0 Å². The van der Waals surface area contributed by atoms with Crippen LogP contribution >= 0.6 is 7.60 Å². The van der Waals surface area contributed by atoms with E-state index in [2.05, 4.69) is 0 Å². The molecule has 0 N–H and O–H groups in total. The summed E-state index contributed by atoms with van der Waals surface area (Å²) in [6.45, 7) is -0.0858. The Hall–Kier alpha value is -1.20. The van der Waals surface area contributed by atoms with E-state index in [1.165, 1.54) is 21.3 Å². The largest absolute Gasteiger partial charge is 0.443 e. The lowest BCUT2D eigenvalue weighted by molar-refractivity contribution is 0.0197. The van der Waals surface area contributed by atoms with Gasteiger partial charge < -0.3 is 18.5 Å². The van der Waals surface area contributed by atoms with Crippen LogP contribution in [0.25, 0.3) is 0 Å². The van der Waals surface area contributed by atoms with Crippen LogP contribution in [0, 0.1) is 0 Å². The molecule has 0 saturated heterocycles. The monoisotopic (exact) mass is 288 g/mol. The first-order valence-corrected chi connectivity index (χ1v) is 7.14. The van der Waals surface area contributed by atoms with Crippen molar-refractivity contribution in [3.8, 4) is 0 Å². The number of esters is 1. The van der Waals surface area contributed by atoms with E-state index in [1.54, 1.807) is 30.3 Å². The molecule has 0 unspecified atom stereocenters. The van der Waals surface area contributed by atoms with E-state index in [9.17, 15) is 9.36 Å². The van der Waals surface area contributed by atoms with Crippen LogP contribution in [0.1, 0.15) is 10.4 Å². The molecule has 0 amide bonds. The van der Waals surface area contributed by atoms with Crippen molar-refractivity contribution >= 4 is 13.6 Å². The van der Waals surface area contributed by atoms with Crippen LogP contribution in [0.4, 0.5) is 0 Å². The predicted molar refractivity (Wildman–Crippen MR) is 69.1 cm³/mol. The topological polar surface area (TPSA) is 71.1 Å². The third kappa shape index (κ3) is 4.14. The first-order valence-electron chi connectivity index (χ1n) is 5.53. The Balaban J connectivity index is 2.85. The zero-order chi connectivity index (χ0) is 14.3. The van der Waals surface area contributed by atoms with Crippen LogP contribution in [-0.2, 0) is 23.1 Å². The Morgan fingerprint density at radius 2 is 1.74 bits per heavy atom. The molecular weight excluding hydrogens is 271 g/mol. The molecule has 0 saturated carbocycles. The lowest BCUT2D eigenvalue weighted by Gasteiger charge is -2.23. The van der Waals surface area contributed by atoms with Crippen LogP contribution in [0.2, 0.25) is 0 Å². The number of methoxy groups -OCH3 is 1. The van der Waals surface area contributed by atoms with E-state index in [0.717, 1.165) is 0 Å². The molecule has 6 nitrogen and oxygen atoms in total. The molecule has 0 fully saturated rings. The van der Waals surface area contributed by atoms with Gasteiger partial charge in [-0.3, -0.25) is 4.57 Å². The number of hydrogen-bond donors (Lipinski definition) is 0. The maximum atomic E-state index is 12.2. The van der Waals surface area contributed by atoms with Crippen molar-refractivity contribution in [2.75, 3.05) is 27.9 Å². The van der Waals surface area contributed by atoms with Gasteiger partial charge in [-0.25, -0.2) is 4.79 Å². The highest BCUT2D eigenvalue weighted by molar-refractivity contribution is 7.54. The molecule has 7 heteroatoms. The van der Waals surface area contributed by atoms with Gasteiger partial charge in [0.15, 0.2) is 0 Å². The third-order valence-electron chi connectivity index (χ3n) is 2.42. The second-order valence-corrected chi connectivity index (χ2v) is 5.97. The summed E-state index contributed by atoms with van der Waals surface area (Å²) in [6.07, 6.45) is 0. The minimum Gasteiger partial charge on any atom is -0.443 e. The van der Waals surface area contributed by atoms with Crippen molar-refractivity contribution in [2.24, 2.45) is 0 Å². The zero-order valence-electron chi connectivity index (χ0n) is 11.1. The van der Waals surface area contributed by atoms with Gasteiger partial charge in [-0.1, -0.05) is 18.2 Å². The van der Waals surface area contributed by atoms with E-state index in [4.69, 9.17) is 18.5 Å². The van der Waals surface area contributed by atoms with Crippen LogP contribution < -0.4 is 0 Å². The number of ether oxygens (including phenoxy) is 2. The Labute approximate surface area is 112 Å². The van der Waals surface area contributed by atoms with Crippen molar-refractivity contribution in [1.29, 1.82) is 0 Å².